The van der Waals surface area contributed by atoms with Crippen molar-refractivity contribution >= 4 is 12.6 Å². The molecule has 0 aromatic carbocycles. The van der Waals surface area contributed by atoms with Crippen LogP contribution in [0.2, 0.25) is 0 Å². The molecule has 2 aliphatic rings. The Balaban J connectivity index is 1.89. The maximum atomic E-state index is 5.52. The molecular formula is C15H29NOS. The molecule has 0 spiro atoms. The van der Waals surface area contributed by atoms with Crippen molar-refractivity contribution in [2.75, 3.05) is 32.6 Å². The van der Waals surface area contributed by atoms with Crippen molar-refractivity contribution in [3.63, 3.8) is 0 Å². The Bertz CT molecular complexity index is 253. The van der Waals surface area contributed by atoms with Crippen LogP contribution in [-0.2, 0) is 4.74 Å². The summed E-state index contributed by atoms with van der Waals surface area (Å²) in [6, 6.07) is 0.799. The summed E-state index contributed by atoms with van der Waals surface area (Å²) < 4.78 is 5.52. The lowest BCUT2D eigenvalue weighted by atomic mass is 9.80. The van der Waals surface area contributed by atoms with Gasteiger partial charge in [0.05, 0.1) is 0 Å². The molecule has 0 radical (unpaired) electrons. The fourth-order valence-electron chi connectivity index (χ4n) is 3.63. The van der Waals surface area contributed by atoms with Crippen LogP contribution in [-0.4, -0.2) is 43.5 Å². The molecule has 18 heavy (non-hydrogen) atoms. The molecule has 0 amide bonds. The van der Waals surface area contributed by atoms with Gasteiger partial charge in [-0.05, 0) is 49.8 Å². The number of rotatable bonds is 4. The maximum absolute atomic E-state index is 5.52. The Morgan fingerprint density at radius 2 is 2.00 bits per heavy atom. The van der Waals surface area contributed by atoms with E-state index in [1.54, 1.807) is 0 Å². The SMILES string of the molecule is CC1CCCC(N(C)CC2(CS)CCOCC2)C1. The van der Waals surface area contributed by atoms with Gasteiger partial charge in [-0.1, -0.05) is 19.8 Å². The van der Waals surface area contributed by atoms with Gasteiger partial charge in [0.2, 0.25) is 0 Å². The minimum atomic E-state index is 0.400. The summed E-state index contributed by atoms with van der Waals surface area (Å²) in [5, 5.41) is 0. The molecule has 2 fully saturated rings. The third-order valence-electron chi connectivity index (χ3n) is 5.01. The van der Waals surface area contributed by atoms with E-state index in [1.807, 2.05) is 0 Å². The van der Waals surface area contributed by atoms with Crippen molar-refractivity contribution in [1.29, 1.82) is 0 Å². The van der Waals surface area contributed by atoms with Crippen LogP contribution in [0, 0.1) is 11.3 Å². The van der Waals surface area contributed by atoms with Crippen molar-refractivity contribution in [2.45, 2.75) is 51.5 Å². The zero-order chi connectivity index (χ0) is 13.0. The van der Waals surface area contributed by atoms with Gasteiger partial charge >= 0.3 is 0 Å². The van der Waals surface area contributed by atoms with Crippen LogP contribution in [0.15, 0.2) is 0 Å². The van der Waals surface area contributed by atoms with Gasteiger partial charge < -0.3 is 9.64 Å². The maximum Gasteiger partial charge on any atom is 0.0472 e. The van der Waals surface area contributed by atoms with Crippen LogP contribution in [0.25, 0.3) is 0 Å². The standard InChI is InChI=1S/C15H29NOS/c1-13-4-3-5-14(10-13)16(2)11-15(12-18)6-8-17-9-7-15/h13-14,18H,3-12H2,1-2H3. The number of hydrogen-bond acceptors (Lipinski definition) is 3. The zero-order valence-electron chi connectivity index (χ0n) is 12.0. The molecule has 0 N–H and O–H groups in total. The lowest BCUT2D eigenvalue weighted by molar-refractivity contribution is 0.000920. The molecule has 1 aliphatic heterocycles. The molecule has 1 saturated carbocycles. The van der Waals surface area contributed by atoms with E-state index in [4.69, 9.17) is 4.74 Å². The molecule has 2 atom stereocenters. The Labute approximate surface area is 118 Å². The molecule has 1 saturated heterocycles. The highest BCUT2D eigenvalue weighted by Crippen LogP contribution is 2.35. The first-order valence-corrected chi connectivity index (χ1v) is 8.17. The van der Waals surface area contributed by atoms with Gasteiger partial charge in [0.1, 0.15) is 0 Å². The molecule has 0 aromatic heterocycles. The number of hydrogen-bond donors (Lipinski definition) is 1. The van der Waals surface area contributed by atoms with Crippen LogP contribution >= 0.6 is 12.6 Å². The predicted octanol–water partition coefficient (Wildman–Crippen LogP) is 3.22. The Morgan fingerprint density at radius 3 is 2.61 bits per heavy atom. The number of nitrogens with zero attached hydrogens (tertiary/aromatic N) is 1. The molecule has 2 nitrogen and oxygen atoms in total. The van der Waals surface area contributed by atoms with Crippen LogP contribution in [0.5, 0.6) is 0 Å². The van der Waals surface area contributed by atoms with E-state index < -0.39 is 0 Å². The van der Waals surface area contributed by atoms with Gasteiger partial charge in [-0.25, -0.2) is 0 Å². The van der Waals surface area contributed by atoms with E-state index in [-0.39, 0.29) is 0 Å². The van der Waals surface area contributed by atoms with Gasteiger partial charge in [0.15, 0.2) is 0 Å². The van der Waals surface area contributed by atoms with Crippen molar-refractivity contribution < 1.29 is 4.74 Å². The first kappa shape index (κ1) is 14.7. The lowest BCUT2D eigenvalue weighted by Crippen LogP contribution is -2.46. The van der Waals surface area contributed by atoms with Crippen molar-refractivity contribution in [2.24, 2.45) is 11.3 Å². The summed E-state index contributed by atoms with van der Waals surface area (Å²) in [4.78, 5) is 2.62. The highest BCUT2D eigenvalue weighted by atomic mass is 32.1. The minimum Gasteiger partial charge on any atom is -0.381 e. The average molecular weight is 271 g/mol. The molecule has 2 unspecified atom stereocenters. The smallest absolute Gasteiger partial charge is 0.0472 e. The number of ether oxygens (including phenoxy) is 1. The zero-order valence-corrected chi connectivity index (χ0v) is 12.9. The van der Waals surface area contributed by atoms with Crippen LogP contribution in [0.1, 0.15) is 45.4 Å². The van der Waals surface area contributed by atoms with Crippen molar-refractivity contribution in [3.05, 3.63) is 0 Å². The van der Waals surface area contributed by atoms with E-state index >= 15 is 0 Å². The van der Waals surface area contributed by atoms with E-state index in [0.29, 0.717) is 5.41 Å². The highest BCUT2D eigenvalue weighted by Gasteiger charge is 2.34. The topological polar surface area (TPSA) is 12.5 Å². The fourth-order valence-corrected chi connectivity index (χ4v) is 4.05. The van der Waals surface area contributed by atoms with Crippen molar-refractivity contribution in [3.8, 4) is 0 Å². The van der Waals surface area contributed by atoms with Gasteiger partial charge in [0, 0.05) is 25.8 Å². The van der Waals surface area contributed by atoms with Gasteiger partial charge in [-0.3, -0.25) is 0 Å². The minimum absolute atomic E-state index is 0.400. The third-order valence-corrected chi connectivity index (χ3v) is 5.68. The summed E-state index contributed by atoms with van der Waals surface area (Å²) in [6.07, 6.45) is 7.98. The van der Waals surface area contributed by atoms with Gasteiger partial charge in [0.25, 0.3) is 0 Å². The largest absolute Gasteiger partial charge is 0.381 e. The second kappa shape index (κ2) is 6.62. The molecular weight excluding hydrogens is 242 g/mol. The quantitative estimate of drug-likeness (QED) is 0.788. The van der Waals surface area contributed by atoms with Gasteiger partial charge in [-0.2, -0.15) is 12.6 Å². The normalized spacial score (nSPS) is 32.7. The van der Waals surface area contributed by atoms with E-state index in [1.165, 1.54) is 45.1 Å². The summed E-state index contributed by atoms with van der Waals surface area (Å²) >= 11 is 4.62. The molecule has 3 heteroatoms. The summed E-state index contributed by atoms with van der Waals surface area (Å²) in [5.74, 6) is 1.91. The Morgan fingerprint density at radius 1 is 1.28 bits per heavy atom. The van der Waals surface area contributed by atoms with Gasteiger partial charge in [-0.15, -0.1) is 0 Å². The second-order valence-electron chi connectivity index (χ2n) is 6.61. The van der Waals surface area contributed by atoms with E-state index in [0.717, 1.165) is 30.9 Å². The first-order chi connectivity index (χ1) is 8.65. The van der Waals surface area contributed by atoms with Crippen molar-refractivity contribution in [1.82, 2.24) is 4.90 Å². The highest BCUT2D eigenvalue weighted by molar-refractivity contribution is 7.80. The Hall–Kier alpha value is 0.270. The van der Waals surface area contributed by atoms with E-state index in [2.05, 4.69) is 31.5 Å². The summed E-state index contributed by atoms with van der Waals surface area (Å²) in [6.45, 7) is 5.46. The summed E-state index contributed by atoms with van der Waals surface area (Å²) in [5.41, 5.74) is 0.400. The molecule has 1 heterocycles. The molecule has 106 valence electrons. The molecule has 0 bridgehead atoms. The lowest BCUT2D eigenvalue weighted by Gasteiger charge is -2.43. The van der Waals surface area contributed by atoms with Crippen LogP contribution in [0.3, 0.4) is 0 Å². The van der Waals surface area contributed by atoms with E-state index in [9.17, 15) is 0 Å². The van der Waals surface area contributed by atoms with Crippen LogP contribution < -0.4 is 0 Å². The predicted molar refractivity (Wildman–Crippen MR) is 80.4 cm³/mol. The second-order valence-corrected chi connectivity index (χ2v) is 6.93. The fraction of sp³-hybridized carbons (Fsp3) is 1.00. The molecule has 1 aliphatic carbocycles. The Kier molecular flexibility index (Phi) is 5.40. The monoisotopic (exact) mass is 271 g/mol. The van der Waals surface area contributed by atoms with Crippen LogP contribution in [0.4, 0.5) is 0 Å². The first-order valence-electron chi connectivity index (χ1n) is 7.54. The molecule has 2 rings (SSSR count). The third kappa shape index (κ3) is 3.64. The molecule has 0 aromatic rings. The summed E-state index contributed by atoms with van der Waals surface area (Å²) in [7, 11) is 2.32. The average Bonchev–Trinajstić information content (AvgIpc) is 2.40. The number of thiol groups is 1.